The number of rotatable bonds is 5. The SMILES string of the molecule is CONc1nc(N(C)C)nc2c1n(Cc1ccccc1)c[n+]2C. The van der Waals surface area contributed by atoms with Crippen LogP contribution in [0.2, 0.25) is 0 Å². The summed E-state index contributed by atoms with van der Waals surface area (Å²) in [6.07, 6.45) is 2.02. The monoisotopic (exact) mass is 313 g/mol. The lowest BCUT2D eigenvalue weighted by Crippen LogP contribution is -2.27. The van der Waals surface area contributed by atoms with Gasteiger partial charge in [-0.25, -0.2) is 10.0 Å². The highest BCUT2D eigenvalue weighted by atomic mass is 16.6. The number of aromatic nitrogens is 4. The summed E-state index contributed by atoms with van der Waals surface area (Å²) < 4.78 is 4.11. The molecule has 2 aromatic heterocycles. The maximum atomic E-state index is 5.10. The van der Waals surface area contributed by atoms with Crippen molar-refractivity contribution in [2.45, 2.75) is 6.54 Å². The van der Waals surface area contributed by atoms with E-state index in [1.165, 1.54) is 5.56 Å². The van der Waals surface area contributed by atoms with Crippen molar-refractivity contribution in [3.63, 3.8) is 0 Å². The Morgan fingerprint density at radius 3 is 2.61 bits per heavy atom. The van der Waals surface area contributed by atoms with Gasteiger partial charge in [0.25, 0.3) is 0 Å². The molecule has 0 bridgehead atoms. The van der Waals surface area contributed by atoms with Gasteiger partial charge >= 0.3 is 11.6 Å². The van der Waals surface area contributed by atoms with Crippen LogP contribution in [-0.4, -0.2) is 35.7 Å². The Labute approximate surface area is 135 Å². The molecule has 0 spiro atoms. The van der Waals surface area contributed by atoms with Gasteiger partial charge in [0.15, 0.2) is 6.33 Å². The highest BCUT2D eigenvalue weighted by molar-refractivity contribution is 5.82. The van der Waals surface area contributed by atoms with Crippen LogP contribution in [0.3, 0.4) is 0 Å². The van der Waals surface area contributed by atoms with Gasteiger partial charge in [-0.15, -0.1) is 0 Å². The molecule has 0 atom stereocenters. The first-order chi connectivity index (χ1) is 11.1. The van der Waals surface area contributed by atoms with Crippen LogP contribution >= 0.6 is 0 Å². The number of hydrogen-bond acceptors (Lipinski definition) is 5. The lowest BCUT2D eigenvalue weighted by atomic mass is 10.2. The van der Waals surface area contributed by atoms with Crippen molar-refractivity contribution >= 4 is 22.9 Å². The summed E-state index contributed by atoms with van der Waals surface area (Å²) >= 11 is 0. The minimum absolute atomic E-state index is 0.630. The number of imidazole rings is 1. The van der Waals surface area contributed by atoms with E-state index in [4.69, 9.17) is 4.84 Å². The normalized spacial score (nSPS) is 11.0. The Morgan fingerprint density at radius 2 is 1.96 bits per heavy atom. The number of aryl methyl sites for hydroxylation is 1. The van der Waals surface area contributed by atoms with Crippen LogP contribution in [0.5, 0.6) is 0 Å². The third-order valence-electron chi connectivity index (χ3n) is 3.58. The van der Waals surface area contributed by atoms with Crippen LogP contribution in [0.25, 0.3) is 11.2 Å². The molecule has 7 heteroatoms. The van der Waals surface area contributed by atoms with Gasteiger partial charge in [-0.2, -0.15) is 4.98 Å². The average Bonchev–Trinajstić information content (AvgIpc) is 2.85. The first-order valence-electron chi connectivity index (χ1n) is 7.37. The molecule has 7 nitrogen and oxygen atoms in total. The Hall–Kier alpha value is -2.67. The van der Waals surface area contributed by atoms with Crippen molar-refractivity contribution in [1.29, 1.82) is 0 Å². The van der Waals surface area contributed by atoms with E-state index < -0.39 is 0 Å². The summed E-state index contributed by atoms with van der Waals surface area (Å²) in [5.74, 6) is 1.28. The zero-order chi connectivity index (χ0) is 16.4. The predicted octanol–water partition coefficient (Wildman–Crippen LogP) is 1.34. The van der Waals surface area contributed by atoms with E-state index in [9.17, 15) is 0 Å². The fourth-order valence-corrected chi connectivity index (χ4v) is 2.53. The van der Waals surface area contributed by atoms with Crippen LogP contribution < -0.4 is 14.9 Å². The summed E-state index contributed by atoms with van der Waals surface area (Å²) in [6.45, 7) is 0.737. The number of hydrogen-bond donors (Lipinski definition) is 1. The van der Waals surface area contributed by atoms with Gasteiger partial charge in [0.2, 0.25) is 11.3 Å². The Bertz CT molecular complexity index is 812. The summed E-state index contributed by atoms with van der Waals surface area (Å²) in [7, 11) is 7.39. The molecule has 120 valence electrons. The number of nitrogens with one attached hydrogen (secondary N) is 1. The zero-order valence-electron chi connectivity index (χ0n) is 13.8. The summed E-state index contributed by atoms with van der Waals surface area (Å²) in [5.41, 5.74) is 5.84. The van der Waals surface area contributed by atoms with E-state index in [2.05, 4.69) is 32.1 Å². The van der Waals surface area contributed by atoms with Gasteiger partial charge in [-0.3, -0.25) is 9.40 Å². The lowest BCUT2D eigenvalue weighted by molar-refractivity contribution is -0.647. The molecule has 3 rings (SSSR count). The van der Waals surface area contributed by atoms with E-state index in [0.717, 1.165) is 17.7 Å². The van der Waals surface area contributed by atoms with Crippen LogP contribution in [0.1, 0.15) is 5.56 Å². The van der Waals surface area contributed by atoms with Gasteiger partial charge in [-0.05, 0) is 5.56 Å². The molecule has 0 aliphatic carbocycles. The van der Waals surface area contributed by atoms with E-state index in [0.29, 0.717) is 11.8 Å². The molecule has 2 heterocycles. The Morgan fingerprint density at radius 1 is 1.22 bits per heavy atom. The van der Waals surface area contributed by atoms with Crippen LogP contribution in [-0.2, 0) is 18.4 Å². The fraction of sp³-hybridized carbons (Fsp3) is 0.312. The second kappa shape index (κ2) is 6.21. The van der Waals surface area contributed by atoms with Crippen molar-refractivity contribution in [2.24, 2.45) is 7.05 Å². The van der Waals surface area contributed by atoms with Crippen molar-refractivity contribution < 1.29 is 9.40 Å². The van der Waals surface area contributed by atoms with Gasteiger partial charge in [0.1, 0.15) is 0 Å². The molecular formula is C16H21N6O+. The van der Waals surface area contributed by atoms with Gasteiger partial charge < -0.3 is 4.90 Å². The van der Waals surface area contributed by atoms with Crippen molar-refractivity contribution in [3.8, 4) is 0 Å². The minimum atomic E-state index is 0.630. The number of benzene rings is 1. The van der Waals surface area contributed by atoms with Gasteiger partial charge in [0.05, 0.1) is 20.7 Å². The molecule has 0 amide bonds. The minimum Gasteiger partial charge on any atom is -0.333 e. The second-order valence-electron chi connectivity index (χ2n) is 5.58. The van der Waals surface area contributed by atoms with E-state index in [1.54, 1.807) is 7.11 Å². The highest BCUT2D eigenvalue weighted by Crippen LogP contribution is 2.22. The summed E-state index contributed by atoms with van der Waals surface area (Å²) in [4.78, 5) is 16.2. The molecule has 23 heavy (non-hydrogen) atoms. The molecule has 0 saturated carbocycles. The molecule has 0 radical (unpaired) electrons. The van der Waals surface area contributed by atoms with E-state index in [1.807, 2.05) is 55.1 Å². The highest BCUT2D eigenvalue weighted by Gasteiger charge is 2.23. The average molecular weight is 313 g/mol. The van der Waals surface area contributed by atoms with Crippen LogP contribution in [0.4, 0.5) is 11.8 Å². The largest absolute Gasteiger partial charge is 0.333 e. The predicted molar refractivity (Wildman–Crippen MR) is 89.2 cm³/mol. The molecule has 0 unspecified atom stereocenters. The number of nitrogens with zero attached hydrogens (tertiary/aromatic N) is 5. The maximum Gasteiger partial charge on any atom is 0.309 e. The molecule has 1 aromatic carbocycles. The third-order valence-corrected chi connectivity index (χ3v) is 3.58. The smallest absolute Gasteiger partial charge is 0.309 e. The zero-order valence-corrected chi connectivity index (χ0v) is 13.8. The first kappa shape index (κ1) is 15.2. The molecular weight excluding hydrogens is 292 g/mol. The Balaban J connectivity index is 2.15. The summed E-state index contributed by atoms with van der Waals surface area (Å²) in [6, 6.07) is 10.3. The number of fused-ring (bicyclic) bond motifs is 1. The van der Waals surface area contributed by atoms with E-state index >= 15 is 0 Å². The second-order valence-corrected chi connectivity index (χ2v) is 5.58. The van der Waals surface area contributed by atoms with Gasteiger partial charge in [0, 0.05) is 14.1 Å². The maximum absolute atomic E-state index is 5.10. The Kier molecular flexibility index (Phi) is 4.12. The van der Waals surface area contributed by atoms with Gasteiger partial charge in [-0.1, -0.05) is 35.3 Å². The van der Waals surface area contributed by atoms with Crippen molar-refractivity contribution in [3.05, 3.63) is 42.2 Å². The van der Waals surface area contributed by atoms with Crippen molar-refractivity contribution in [2.75, 3.05) is 31.6 Å². The molecule has 0 aliphatic rings. The van der Waals surface area contributed by atoms with Crippen molar-refractivity contribution in [1.82, 2.24) is 14.5 Å². The number of anilines is 2. The topological polar surface area (TPSA) is 59.1 Å². The first-order valence-corrected chi connectivity index (χ1v) is 7.37. The molecule has 0 saturated heterocycles. The third kappa shape index (κ3) is 2.95. The lowest BCUT2D eigenvalue weighted by Gasteiger charge is -2.09. The molecule has 3 aromatic rings. The summed E-state index contributed by atoms with van der Waals surface area (Å²) in [5, 5.41) is 0. The van der Waals surface area contributed by atoms with Crippen LogP contribution in [0, 0.1) is 0 Å². The molecule has 0 fully saturated rings. The van der Waals surface area contributed by atoms with E-state index in [-0.39, 0.29) is 0 Å². The molecule has 1 N–H and O–H groups in total. The standard InChI is InChI=1S/C16H21N6O/c1-20(2)16-17-14(19-23-4)13-15(18-16)21(3)11-22(13)10-12-8-6-5-7-9-12/h5-9,11H,10H2,1-4H3,(H,17,18,19)/q+1. The quantitative estimate of drug-likeness (QED) is 0.569. The van der Waals surface area contributed by atoms with Crippen LogP contribution in [0.15, 0.2) is 36.7 Å². The molecule has 0 aliphatic heterocycles. The fourth-order valence-electron chi connectivity index (χ4n) is 2.53.